The molecule has 0 fully saturated rings. The maximum Gasteiger partial charge on any atom is 0.216 e. The average Bonchev–Trinajstić information content (AvgIpc) is 2.03. The molecular weight excluding hydrogens is 147 g/mol. The van der Waals surface area contributed by atoms with E-state index in [1.165, 1.54) is 13.2 Å². The van der Waals surface area contributed by atoms with E-state index in [2.05, 4.69) is 4.98 Å². The molecule has 0 unspecified atom stereocenters. The van der Waals surface area contributed by atoms with Crippen molar-refractivity contribution in [2.45, 2.75) is 6.54 Å². The van der Waals surface area contributed by atoms with Crippen molar-refractivity contribution in [1.82, 2.24) is 4.98 Å². The van der Waals surface area contributed by atoms with Crippen LogP contribution >= 0.6 is 0 Å². The van der Waals surface area contributed by atoms with Gasteiger partial charge in [0.25, 0.3) is 0 Å². The Balaban J connectivity index is 3.02. The van der Waals surface area contributed by atoms with Gasteiger partial charge in [-0.2, -0.15) is 9.37 Å². The first kappa shape index (κ1) is 7.94. The molecule has 2 N–H and O–H groups in total. The van der Waals surface area contributed by atoms with Crippen molar-refractivity contribution in [1.29, 1.82) is 0 Å². The van der Waals surface area contributed by atoms with Gasteiger partial charge in [-0.3, -0.25) is 0 Å². The molecule has 0 aliphatic rings. The van der Waals surface area contributed by atoms with Gasteiger partial charge in [-0.25, -0.2) is 0 Å². The minimum atomic E-state index is -0.565. The standard InChI is InChI=1S/C7H9FN2O/c1-11-7-3-5(4-9)2-6(8)10-7/h2-3H,4,9H2,1H3. The average molecular weight is 156 g/mol. The summed E-state index contributed by atoms with van der Waals surface area (Å²) in [5.41, 5.74) is 5.97. The van der Waals surface area contributed by atoms with Gasteiger partial charge in [-0.15, -0.1) is 0 Å². The molecule has 1 aromatic heterocycles. The van der Waals surface area contributed by atoms with Crippen molar-refractivity contribution in [2.24, 2.45) is 5.73 Å². The minimum absolute atomic E-state index is 0.255. The molecule has 60 valence electrons. The van der Waals surface area contributed by atoms with Crippen molar-refractivity contribution in [3.8, 4) is 5.88 Å². The number of rotatable bonds is 2. The molecule has 1 heterocycles. The highest BCUT2D eigenvalue weighted by Crippen LogP contribution is 2.10. The summed E-state index contributed by atoms with van der Waals surface area (Å²) in [7, 11) is 1.43. The highest BCUT2D eigenvalue weighted by molar-refractivity contribution is 5.20. The summed E-state index contributed by atoms with van der Waals surface area (Å²) in [6.45, 7) is 0.288. The third kappa shape index (κ3) is 1.88. The van der Waals surface area contributed by atoms with Crippen LogP contribution in [0.2, 0.25) is 0 Å². The summed E-state index contributed by atoms with van der Waals surface area (Å²) < 4.78 is 17.3. The van der Waals surface area contributed by atoms with Crippen molar-refractivity contribution < 1.29 is 9.13 Å². The monoisotopic (exact) mass is 156 g/mol. The van der Waals surface area contributed by atoms with E-state index >= 15 is 0 Å². The number of ether oxygens (including phenoxy) is 1. The highest BCUT2D eigenvalue weighted by Gasteiger charge is 1.99. The molecule has 0 aliphatic heterocycles. The molecule has 1 aromatic rings. The van der Waals surface area contributed by atoms with Gasteiger partial charge in [0.2, 0.25) is 11.8 Å². The number of nitrogens with two attached hydrogens (primary N) is 1. The predicted octanol–water partition coefficient (Wildman–Crippen LogP) is 0.688. The third-order valence-electron chi connectivity index (χ3n) is 1.28. The second-order valence-electron chi connectivity index (χ2n) is 2.04. The number of hydrogen-bond acceptors (Lipinski definition) is 3. The molecule has 0 radical (unpaired) electrons. The van der Waals surface area contributed by atoms with Crippen LogP contribution in [0.4, 0.5) is 4.39 Å². The second-order valence-corrected chi connectivity index (χ2v) is 2.04. The predicted molar refractivity (Wildman–Crippen MR) is 38.6 cm³/mol. The maximum atomic E-state index is 12.6. The van der Waals surface area contributed by atoms with Crippen LogP contribution in [0.25, 0.3) is 0 Å². The molecule has 0 atom stereocenters. The lowest BCUT2D eigenvalue weighted by Crippen LogP contribution is -1.99. The summed E-state index contributed by atoms with van der Waals surface area (Å²) in [6, 6.07) is 2.88. The Morgan fingerprint density at radius 3 is 2.91 bits per heavy atom. The molecule has 0 aromatic carbocycles. The number of methoxy groups -OCH3 is 1. The molecule has 3 nitrogen and oxygen atoms in total. The van der Waals surface area contributed by atoms with E-state index < -0.39 is 5.95 Å². The van der Waals surface area contributed by atoms with Gasteiger partial charge in [0.05, 0.1) is 7.11 Å². The van der Waals surface area contributed by atoms with Crippen molar-refractivity contribution in [2.75, 3.05) is 7.11 Å². The largest absolute Gasteiger partial charge is 0.481 e. The van der Waals surface area contributed by atoms with Gasteiger partial charge in [-0.1, -0.05) is 0 Å². The summed E-state index contributed by atoms with van der Waals surface area (Å²) >= 11 is 0. The van der Waals surface area contributed by atoms with E-state index in [0.717, 1.165) is 0 Å². The van der Waals surface area contributed by atoms with Gasteiger partial charge in [0, 0.05) is 12.6 Å². The number of aromatic nitrogens is 1. The van der Waals surface area contributed by atoms with Crippen molar-refractivity contribution >= 4 is 0 Å². The minimum Gasteiger partial charge on any atom is -0.481 e. The Labute approximate surface area is 64.0 Å². The van der Waals surface area contributed by atoms with E-state index in [9.17, 15) is 4.39 Å². The van der Waals surface area contributed by atoms with Gasteiger partial charge in [0.1, 0.15) is 0 Å². The number of hydrogen-bond donors (Lipinski definition) is 1. The smallest absolute Gasteiger partial charge is 0.216 e. The number of halogens is 1. The Kier molecular flexibility index (Phi) is 2.38. The van der Waals surface area contributed by atoms with Crippen molar-refractivity contribution in [3.05, 3.63) is 23.6 Å². The second kappa shape index (κ2) is 3.30. The molecule has 1 rings (SSSR count). The zero-order valence-corrected chi connectivity index (χ0v) is 6.17. The SMILES string of the molecule is COc1cc(CN)cc(F)n1. The van der Waals surface area contributed by atoms with E-state index in [-0.39, 0.29) is 12.4 Å². The quantitative estimate of drug-likeness (QED) is 0.641. The normalized spacial score (nSPS) is 9.73. The molecule has 0 aliphatic carbocycles. The Morgan fingerprint density at radius 2 is 2.36 bits per heavy atom. The first-order valence-electron chi connectivity index (χ1n) is 3.17. The van der Waals surface area contributed by atoms with E-state index in [0.29, 0.717) is 5.56 Å². The Bertz CT molecular complexity index is 230. The Morgan fingerprint density at radius 1 is 1.64 bits per heavy atom. The molecule has 0 saturated heterocycles. The van der Waals surface area contributed by atoms with Crippen LogP contribution in [0.3, 0.4) is 0 Å². The molecule has 0 saturated carbocycles. The van der Waals surface area contributed by atoms with Crippen LogP contribution in [0.5, 0.6) is 5.88 Å². The van der Waals surface area contributed by atoms with E-state index in [1.807, 2.05) is 0 Å². The van der Waals surface area contributed by atoms with Crippen LogP contribution in [0, 0.1) is 5.95 Å². The molecule has 0 spiro atoms. The highest BCUT2D eigenvalue weighted by atomic mass is 19.1. The summed E-state index contributed by atoms with van der Waals surface area (Å²) in [6.07, 6.45) is 0. The number of pyridine rings is 1. The van der Waals surface area contributed by atoms with Crippen LogP contribution in [0.1, 0.15) is 5.56 Å². The van der Waals surface area contributed by atoms with Crippen LogP contribution in [-0.4, -0.2) is 12.1 Å². The fourth-order valence-corrected chi connectivity index (χ4v) is 0.745. The molecule has 4 heteroatoms. The fourth-order valence-electron chi connectivity index (χ4n) is 0.745. The first-order chi connectivity index (χ1) is 5.26. The molecule has 11 heavy (non-hydrogen) atoms. The lowest BCUT2D eigenvalue weighted by atomic mass is 10.3. The summed E-state index contributed by atoms with van der Waals surface area (Å²) in [5.74, 6) is -0.310. The molecular formula is C7H9FN2O. The first-order valence-corrected chi connectivity index (χ1v) is 3.17. The van der Waals surface area contributed by atoms with Gasteiger partial charge in [0.15, 0.2) is 0 Å². The third-order valence-corrected chi connectivity index (χ3v) is 1.28. The molecule has 0 amide bonds. The fraction of sp³-hybridized carbons (Fsp3) is 0.286. The number of nitrogens with zero attached hydrogens (tertiary/aromatic N) is 1. The zero-order chi connectivity index (χ0) is 8.27. The summed E-state index contributed by atoms with van der Waals surface area (Å²) in [4.78, 5) is 3.46. The summed E-state index contributed by atoms with van der Waals surface area (Å²) in [5, 5.41) is 0. The van der Waals surface area contributed by atoms with E-state index in [1.54, 1.807) is 6.07 Å². The van der Waals surface area contributed by atoms with Crippen LogP contribution < -0.4 is 10.5 Å². The Hall–Kier alpha value is -1.16. The van der Waals surface area contributed by atoms with Gasteiger partial charge < -0.3 is 10.5 Å². The van der Waals surface area contributed by atoms with Gasteiger partial charge in [-0.05, 0) is 11.6 Å². The lowest BCUT2D eigenvalue weighted by molar-refractivity contribution is 0.386. The van der Waals surface area contributed by atoms with Crippen LogP contribution in [0.15, 0.2) is 12.1 Å². The van der Waals surface area contributed by atoms with Crippen LogP contribution in [-0.2, 0) is 6.54 Å². The van der Waals surface area contributed by atoms with Gasteiger partial charge >= 0.3 is 0 Å². The van der Waals surface area contributed by atoms with E-state index in [4.69, 9.17) is 10.5 Å². The maximum absolute atomic E-state index is 12.6. The van der Waals surface area contributed by atoms with Crippen molar-refractivity contribution in [3.63, 3.8) is 0 Å². The lowest BCUT2D eigenvalue weighted by Gasteiger charge is -2.00. The molecule has 0 bridgehead atoms. The topological polar surface area (TPSA) is 48.1 Å². The zero-order valence-electron chi connectivity index (χ0n) is 6.17.